The molecule has 18 heavy (non-hydrogen) atoms. The zero-order valence-electron chi connectivity index (χ0n) is 12.6. The molecule has 0 N–H and O–H groups in total. The Hall–Kier alpha value is 0.190. The molecule has 1 saturated heterocycles. The van der Waals surface area contributed by atoms with Crippen molar-refractivity contribution < 1.29 is 18.9 Å². The van der Waals surface area contributed by atoms with Crippen molar-refractivity contribution in [3.05, 3.63) is 0 Å². The summed E-state index contributed by atoms with van der Waals surface area (Å²) in [5, 5.41) is 0. The predicted molar refractivity (Wildman–Crippen MR) is 78.7 cm³/mol. The summed E-state index contributed by atoms with van der Waals surface area (Å²) in [5.41, 5.74) is 0. The maximum absolute atomic E-state index is 5.48. The van der Waals surface area contributed by atoms with Crippen LogP contribution >= 0.6 is 12.6 Å². The lowest BCUT2D eigenvalue weighted by Gasteiger charge is -2.33. The normalized spacial score (nSPS) is 26.5. The van der Waals surface area contributed by atoms with E-state index >= 15 is 0 Å². The summed E-state index contributed by atoms with van der Waals surface area (Å²) in [6.07, 6.45) is 1.31. The van der Waals surface area contributed by atoms with E-state index in [0.717, 1.165) is 18.8 Å². The molecule has 112 valence electrons. The van der Waals surface area contributed by atoms with Crippen LogP contribution in [0.2, 0.25) is 0 Å². The Morgan fingerprint density at radius 1 is 1.11 bits per heavy atom. The van der Waals surface area contributed by atoms with Crippen molar-refractivity contribution in [1.29, 1.82) is 0 Å². The monoisotopic (exact) mass is 282 g/mol. The minimum atomic E-state index is 0.0751. The van der Waals surface area contributed by atoms with E-state index in [1.807, 2.05) is 20.8 Å². The smallest absolute Gasteiger partial charge is 0.107 e. The first kappa shape index (κ1) is 20.5. The fraction of sp³-hybridized carbons (Fsp3) is 1.00. The zero-order chi connectivity index (χ0) is 14.4. The molecule has 0 spiro atoms. The molecule has 3 atom stereocenters. The fourth-order valence-corrected chi connectivity index (χ4v) is 1.67. The number of rotatable bonds is 4. The van der Waals surface area contributed by atoms with Crippen molar-refractivity contribution in [2.45, 2.75) is 45.5 Å². The molecule has 3 unspecified atom stereocenters. The summed E-state index contributed by atoms with van der Waals surface area (Å²) in [5.74, 6) is 0.746. The molecule has 0 aromatic heterocycles. The number of ether oxygens (including phenoxy) is 4. The summed E-state index contributed by atoms with van der Waals surface area (Å²) >= 11 is 4.18. The van der Waals surface area contributed by atoms with Gasteiger partial charge in [0.25, 0.3) is 0 Å². The van der Waals surface area contributed by atoms with Gasteiger partial charge in [0.05, 0.1) is 18.8 Å². The highest BCUT2D eigenvalue weighted by Crippen LogP contribution is 2.19. The Labute approximate surface area is 118 Å². The van der Waals surface area contributed by atoms with E-state index in [2.05, 4.69) is 17.4 Å². The van der Waals surface area contributed by atoms with E-state index in [1.54, 1.807) is 21.3 Å². The second-order valence-electron chi connectivity index (χ2n) is 3.50. The van der Waals surface area contributed by atoms with Gasteiger partial charge in [0.1, 0.15) is 6.10 Å². The molecule has 4 nitrogen and oxygen atoms in total. The van der Waals surface area contributed by atoms with E-state index in [1.165, 1.54) is 0 Å². The molecule has 1 aliphatic rings. The van der Waals surface area contributed by atoms with Gasteiger partial charge in [-0.05, 0) is 6.92 Å². The van der Waals surface area contributed by atoms with Crippen molar-refractivity contribution in [3.8, 4) is 0 Å². The quantitative estimate of drug-likeness (QED) is 0.804. The Balaban J connectivity index is 0. The van der Waals surface area contributed by atoms with Gasteiger partial charge in [0, 0.05) is 40.1 Å². The lowest BCUT2D eigenvalue weighted by Crippen LogP contribution is -2.44. The first-order valence-electron chi connectivity index (χ1n) is 6.50. The molecule has 0 aliphatic carbocycles. The second-order valence-corrected chi connectivity index (χ2v) is 3.86. The highest BCUT2D eigenvalue weighted by Gasteiger charge is 2.30. The van der Waals surface area contributed by atoms with Crippen LogP contribution < -0.4 is 0 Å². The lowest BCUT2D eigenvalue weighted by molar-refractivity contribution is -0.138. The van der Waals surface area contributed by atoms with Crippen molar-refractivity contribution in [1.82, 2.24) is 0 Å². The highest BCUT2D eigenvalue weighted by molar-refractivity contribution is 7.80. The van der Waals surface area contributed by atoms with Gasteiger partial charge < -0.3 is 18.9 Å². The van der Waals surface area contributed by atoms with E-state index < -0.39 is 0 Å². The SMILES string of the molecule is CC.CCOC.COC1COC(CS)CC1OC. The molecule has 1 aliphatic heterocycles. The van der Waals surface area contributed by atoms with Crippen LogP contribution in [0.3, 0.4) is 0 Å². The van der Waals surface area contributed by atoms with Gasteiger partial charge in [-0.3, -0.25) is 0 Å². The lowest BCUT2D eigenvalue weighted by atomic mass is 10.0. The van der Waals surface area contributed by atoms with Crippen LogP contribution in [-0.2, 0) is 18.9 Å². The molecule has 0 bridgehead atoms. The molecule has 1 fully saturated rings. The average molecular weight is 282 g/mol. The minimum absolute atomic E-state index is 0.0751. The van der Waals surface area contributed by atoms with Crippen LogP contribution in [0.4, 0.5) is 0 Å². The van der Waals surface area contributed by atoms with Crippen LogP contribution in [-0.4, -0.2) is 58.6 Å². The van der Waals surface area contributed by atoms with E-state index in [-0.39, 0.29) is 18.3 Å². The van der Waals surface area contributed by atoms with Crippen molar-refractivity contribution in [2.75, 3.05) is 40.3 Å². The number of methoxy groups -OCH3 is 3. The third-order valence-electron chi connectivity index (χ3n) is 2.50. The Morgan fingerprint density at radius 2 is 1.61 bits per heavy atom. The van der Waals surface area contributed by atoms with Crippen LogP contribution in [0.1, 0.15) is 27.2 Å². The Kier molecular flexibility index (Phi) is 17.4. The maximum Gasteiger partial charge on any atom is 0.107 e. The van der Waals surface area contributed by atoms with E-state index in [9.17, 15) is 0 Å². The van der Waals surface area contributed by atoms with Gasteiger partial charge in [-0.15, -0.1) is 0 Å². The Morgan fingerprint density at radius 3 is 1.94 bits per heavy atom. The van der Waals surface area contributed by atoms with E-state index in [4.69, 9.17) is 14.2 Å². The molecule has 5 heteroatoms. The summed E-state index contributed by atoms with van der Waals surface area (Å²) < 4.78 is 20.5. The van der Waals surface area contributed by atoms with Crippen LogP contribution in [0.5, 0.6) is 0 Å². The van der Waals surface area contributed by atoms with Crippen LogP contribution in [0, 0.1) is 0 Å². The average Bonchev–Trinajstić information content (AvgIpc) is 2.48. The molecule has 0 saturated carbocycles. The van der Waals surface area contributed by atoms with Gasteiger partial charge in [0.15, 0.2) is 0 Å². The van der Waals surface area contributed by atoms with Gasteiger partial charge >= 0.3 is 0 Å². The standard InChI is InChI=1S/C8H16O3S.C3H8O.C2H6/c1-9-7-3-6(5-12)11-4-8(7)10-2;1-3-4-2;1-2/h6-8,12H,3-5H2,1-2H3;3H2,1-2H3;1-2H3. The third kappa shape index (κ3) is 9.16. The van der Waals surface area contributed by atoms with Gasteiger partial charge in [0.2, 0.25) is 0 Å². The highest BCUT2D eigenvalue weighted by atomic mass is 32.1. The number of thiol groups is 1. The largest absolute Gasteiger partial charge is 0.385 e. The molecule has 0 amide bonds. The van der Waals surface area contributed by atoms with Crippen molar-refractivity contribution >= 4 is 12.6 Å². The number of hydrogen-bond donors (Lipinski definition) is 1. The molecular formula is C13H30O4S. The summed E-state index contributed by atoms with van der Waals surface area (Å²) in [4.78, 5) is 0. The molecule has 1 heterocycles. The third-order valence-corrected chi connectivity index (χ3v) is 2.91. The summed E-state index contributed by atoms with van der Waals surface area (Å²) in [6, 6.07) is 0. The Bertz CT molecular complexity index is 156. The van der Waals surface area contributed by atoms with Gasteiger partial charge in [-0.1, -0.05) is 13.8 Å². The molecule has 0 aromatic rings. The fourth-order valence-electron chi connectivity index (χ4n) is 1.41. The zero-order valence-corrected chi connectivity index (χ0v) is 13.5. The first-order chi connectivity index (χ1) is 8.73. The molecule has 1 rings (SSSR count). The van der Waals surface area contributed by atoms with Gasteiger partial charge in [-0.2, -0.15) is 12.6 Å². The summed E-state index contributed by atoms with van der Waals surface area (Å²) in [7, 11) is 5.07. The maximum atomic E-state index is 5.48. The van der Waals surface area contributed by atoms with E-state index in [0.29, 0.717) is 6.61 Å². The van der Waals surface area contributed by atoms with Gasteiger partial charge in [-0.25, -0.2) is 0 Å². The molecular weight excluding hydrogens is 252 g/mol. The molecule has 0 radical (unpaired) electrons. The molecule has 0 aromatic carbocycles. The second kappa shape index (κ2) is 15.2. The number of hydrogen-bond acceptors (Lipinski definition) is 5. The minimum Gasteiger partial charge on any atom is -0.385 e. The van der Waals surface area contributed by atoms with Crippen molar-refractivity contribution in [3.63, 3.8) is 0 Å². The predicted octanol–water partition coefficient (Wildman–Crippen LogP) is 2.41. The van der Waals surface area contributed by atoms with Crippen molar-refractivity contribution in [2.24, 2.45) is 0 Å². The van der Waals surface area contributed by atoms with Crippen LogP contribution in [0.15, 0.2) is 0 Å². The van der Waals surface area contributed by atoms with Crippen LogP contribution in [0.25, 0.3) is 0 Å². The first-order valence-corrected chi connectivity index (χ1v) is 7.13. The topological polar surface area (TPSA) is 36.9 Å². The summed E-state index contributed by atoms with van der Waals surface area (Å²) in [6.45, 7) is 7.39.